The van der Waals surface area contributed by atoms with E-state index in [9.17, 15) is 23.1 Å². The number of rotatable bonds is 9. The van der Waals surface area contributed by atoms with Crippen LogP contribution in [0.25, 0.3) is 0 Å². The molecule has 3 aromatic rings. The number of hydrogen-bond acceptors (Lipinski definition) is 7. The van der Waals surface area contributed by atoms with Crippen molar-refractivity contribution in [2.24, 2.45) is 5.92 Å². The van der Waals surface area contributed by atoms with Crippen LogP contribution in [0.15, 0.2) is 77.7 Å². The normalized spacial score (nSPS) is 18.0. The highest BCUT2D eigenvalue weighted by molar-refractivity contribution is 7.89. The van der Waals surface area contributed by atoms with Crippen molar-refractivity contribution in [3.05, 3.63) is 78.4 Å². The molecule has 0 aliphatic carbocycles. The molecule has 12 heteroatoms. The van der Waals surface area contributed by atoms with Crippen LogP contribution in [0.5, 0.6) is 11.5 Å². The van der Waals surface area contributed by atoms with Gasteiger partial charge in [0.15, 0.2) is 0 Å². The molecular weight excluding hydrogens is 572 g/mol. The Morgan fingerprint density at radius 2 is 1.77 bits per heavy atom. The number of carbonyl (C=O) groups is 2. The number of aliphatic hydroxyl groups excluding tert-OH is 1. The van der Waals surface area contributed by atoms with Gasteiger partial charge in [-0.25, -0.2) is 13.2 Å². The van der Waals surface area contributed by atoms with Crippen LogP contribution in [-0.2, 0) is 21.2 Å². The molecule has 230 valence electrons. The number of para-hydroxylation sites is 1. The molecule has 1 aliphatic rings. The van der Waals surface area contributed by atoms with Gasteiger partial charge in [0.25, 0.3) is 0 Å². The number of likely N-dealkylation sites (N-methyl/N-ethyl adjacent to an activating group) is 1. The number of benzene rings is 3. The first-order chi connectivity index (χ1) is 20.5. The fourth-order valence-electron chi connectivity index (χ4n) is 4.82. The molecule has 0 saturated heterocycles. The second kappa shape index (κ2) is 13.9. The number of hydrogen-bond donors (Lipinski definition) is 3. The molecule has 3 atom stereocenters. The molecule has 3 N–H and O–H groups in total. The van der Waals surface area contributed by atoms with Crippen molar-refractivity contribution < 1.29 is 32.6 Å². The maximum Gasteiger partial charge on any atom is 0.323 e. The topological polar surface area (TPSA) is 138 Å². The zero-order chi connectivity index (χ0) is 31.1. The average molecular weight is 611 g/mol. The maximum atomic E-state index is 13.5. The van der Waals surface area contributed by atoms with Crippen LogP contribution < -0.4 is 20.1 Å². The van der Waals surface area contributed by atoms with Crippen LogP contribution in [0.1, 0.15) is 19.4 Å². The Labute approximate surface area is 252 Å². The van der Waals surface area contributed by atoms with E-state index >= 15 is 0 Å². The summed E-state index contributed by atoms with van der Waals surface area (Å²) in [6, 6.07) is 19.2. The van der Waals surface area contributed by atoms with Gasteiger partial charge < -0.3 is 30.1 Å². The highest BCUT2D eigenvalue weighted by Crippen LogP contribution is 2.30. The van der Waals surface area contributed by atoms with Crippen LogP contribution in [0.3, 0.4) is 0 Å². The van der Waals surface area contributed by atoms with Gasteiger partial charge in [0.05, 0.1) is 37.6 Å². The van der Waals surface area contributed by atoms with Crippen LogP contribution in [-0.4, -0.2) is 80.7 Å². The Hall–Kier alpha value is -4.13. The Bertz CT molecular complexity index is 1520. The lowest BCUT2D eigenvalue weighted by molar-refractivity contribution is -0.134. The summed E-state index contributed by atoms with van der Waals surface area (Å²) in [4.78, 5) is 27.8. The van der Waals surface area contributed by atoms with Gasteiger partial charge in [0.1, 0.15) is 17.6 Å². The molecule has 0 fully saturated rings. The van der Waals surface area contributed by atoms with Crippen LogP contribution >= 0.6 is 0 Å². The first-order valence-corrected chi connectivity index (χ1v) is 15.4. The fourth-order valence-corrected chi connectivity index (χ4v) is 6.00. The summed E-state index contributed by atoms with van der Waals surface area (Å²) in [5, 5.41) is 15.4. The first kappa shape index (κ1) is 31.8. The quantitative estimate of drug-likeness (QED) is 0.335. The number of nitrogens with one attached hydrogen (secondary N) is 2. The van der Waals surface area contributed by atoms with Crippen molar-refractivity contribution in [2.75, 3.05) is 44.5 Å². The lowest BCUT2D eigenvalue weighted by Crippen LogP contribution is -2.48. The minimum Gasteiger partial charge on any atom is -0.497 e. The van der Waals surface area contributed by atoms with Crippen molar-refractivity contribution in [1.29, 1.82) is 0 Å². The number of nitrogens with zero attached hydrogens (tertiary/aromatic N) is 2. The summed E-state index contributed by atoms with van der Waals surface area (Å²) in [5.41, 5.74) is 1.60. The molecule has 0 bridgehead atoms. The van der Waals surface area contributed by atoms with E-state index in [0.717, 1.165) is 0 Å². The molecule has 1 heterocycles. The van der Waals surface area contributed by atoms with E-state index in [1.54, 1.807) is 54.3 Å². The van der Waals surface area contributed by atoms with Gasteiger partial charge in [-0.15, -0.1) is 0 Å². The Kier molecular flexibility index (Phi) is 10.3. The summed E-state index contributed by atoms with van der Waals surface area (Å²) < 4.78 is 39.6. The minimum atomic E-state index is -3.86. The van der Waals surface area contributed by atoms with E-state index in [-0.39, 0.29) is 42.8 Å². The molecule has 0 saturated carbocycles. The number of methoxy groups -OCH3 is 1. The molecule has 0 unspecified atom stereocenters. The number of urea groups is 1. The molecule has 0 radical (unpaired) electrons. The van der Waals surface area contributed by atoms with Crippen molar-refractivity contribution in [2.45, 2.75) is 37.3 Å². The summed E-state index contributed by atoms with van der Waals surface area (Å²) in [7, 11) is -0.868. The van der Waals surface area contributed by atoms with E-state index in [0.29, 0.717) is 28.4 Å². The van der Waals surface area contributed by atoms with E-state index in [1.807, 2.05) is 25.1 Å². The molecule has 43 heavy (non-hydrogen) atoms. The van der Waals surface area contributed by atoms with Gasteiger partial charge in [0.2, 0.25) is 15.9 Å². The third-order valence-electron chi connectivity index (χ3n) is 7.41. The third-order valence-corrected chi connectivity index (χ3v) is 9.25. The molecule has 3 amide bonds. The Morgan fingerprint density at radius 3 is 2.42 bits per heavy atom. The summed E-state index contributed by atoms with van der Waals surface area (Å²) in [6.07, 6.45) is -0.675. The van der Waals surface area contributed by atoms with Gasteiger partial charge in [-0.2, -0.15) is 4.31 Å². The highest BCUT2D eigenvalue weighted by atomic mass is 32.2. The van der Waals surface area contributed by atoms with Crippen molar-refractivity contribution in [3.63, 3.8) is 0 Å². The van der Waals surface area contributed by atoms with Gasteiger partial charge in [-0.3, -0.25) is 4.79 Å². The molecule has 1 aliphatic heterocycles. The van der Waals surface area contributed by atoms with E-state index in [1.165, 1.54) is 30.6 Å². The van der Waals surface area contributed by atoms with E-state index < -0.39 is 28.2 Å². The van der Waals surface area contributed by atoms with E-state index in [2.05, 4.69) is 10.6 Å². The fraction of sp³-hybridized carbons (Fsp3) is 0.355. The maximum absolute atomic E-state index is 13.5. The zero-order valence-corrected chi connectivity index (χ0v) is 25.5. The van der Waals surface area contributed by atoms with Gasteiger partial charge in [0, 0.05) is 36.4 Å². The molecule has 3 aromatic carbocycles. The van der Waals surface area contributed by atoms with Crippen LogP contribution in [0, 0.1) is 5.92 Å². The van der Waals surface area contributed by atoms with Gasteiger partial charge in [-0.05, 0) is 61.5 Å². The largest absolute Gasteiger partial charge is 0.497 e. The predicted octanol–water partition coefficient (Wildman–Crippen LogP) is 3.81. The van der Waals surface area contributed by atoms with Crippen molar-refractivity contribution in [3.8, 4) is 11.5 Å². The van der Waals surface area contributed by atoms with E-state index in [4.69, 9.17) is 9.47 Å². The SMILES string of the molecule is COc1ccc(S(=O)(=O)N(C)C[C@H]2Oc3ccc(NC(=O)Nc4ccccc4)cc3CC(=O)N([C@H](C)CO)C[C@@H]2C)cc1. The number of aliphatic hydroxyl groups is 1. The Balaban J connectivity index is 1.61. The average Bonchev–Trinajstić information content (AvgIpc) is 3.04. The van der Waals surface area contributed by atoms with Crippen LogP contribution in [0.4, 0.5) is 16.2 Å². The third kappa shape index (κ3) is 7.83. The molecule has 0 spiro atoms. The standard InChI is InChI=1S/C31H38N4O7S/c1-21-18-35(22(2)20-36)30(37)17-23-16-25(33-31(38)32-24-8-6-5-7-9-24)10-15-28(23)42-29(21)19-34(3)43(39,40)27-13-11-26(41-4)12-14-27/h5-16,21-22,29,36H,17-20H2,1-4H3,(H2,32,33,38)/t21-,22+,29+/m0/s1. The zero-order valence-electron chi connectivity index (χ0n) is 24.7. The van der Waals surface area contributed by atoms with Gasteiger partial charge in [-0.1, -0.05) is 25.1 Å². The minimum absolute atomic E-state index is 0.00396. The summed E-state index contributed by atoms with van der Waals surface area (Å²) in [5.74, 6) is 0.435. The second-order valence-corrected chi connectivity index (χ2v) is 12.7. The molecular formula is C31H38N4O7S. The predicted molar refractivity (Wildman–Crippen MR) is 164 cm³/mol. The number of sulfonamides is 1. The number of amides is 3. The summed E-state index contributed by atoms with van der Waals surface area (Å²) >= 11 is 0. The molecule has 4 rings (SSSR count). The number of anilines is 2. The second-order valence-electron chi connectivity index (χ2n) is 10.6. The number of carbonyl (C=O) groups excluding carboxylic acids is 2. The van der Waals surface area contributed by atoms with Gasteiger partial charge >= 0.3 is 6.03 Å². The lowest BCUT2D eigenvalue weighted by Gasteiger charge is -2.33. The monoisotopic (exact) mass is 610 g/mol. The smallest absolute Gasteiger partial charge is 0.323 e. The summed E-state index contributed by atoms with van der Waals surface area (Å²) in [6.45, 7) is 3.66. The van der Waals surface area contributed by atoms with Crippen molar-refractivity contribution in [1.82, 2.24) is 9.21 Å². The number of ether oxygens (including phenoxy) is 2. The Morgan fingerprint density at radius 1 is 1.09 bits per heavy atom. The highest BCUT2D eigenvalue weighted by Gasteiger charge is 2.33. The lowest BCUT2D eigenvalue weighted by atomic mass is 10.0. The van der Waals surface area contributed by atoms with Crippen molar-refractivity contribution >= 4 is 33.3 Å². The number of fused-ring (bicyclic) bond motifs is 1. The van der Waals surface area contributed by atoms with Crippen LogP contribution in [0.2, 0.25) is 0 Å². The first-order valence-electron chi connectivity index (χ1n) is 13.9. The molecule has 0 aromatic heterocycles. The molecule has 11 nitrogen and oxygen atoms in total.